The summed E-state index contributed by atoms with van der Waals surface area (Å²) in [5, 5.41) is 22.1. The molecule has 4 aromatic rings. The van der Waals surface area contributed by atoms with Gasteiger partial charge >= 0.3 is 15.6 Å². The lowest BCUT2D eigenvalue weighted by atomic mass is 10.1. The summed E-state index contributed by atoms with van der Waals surface area (Å²) in [4.78, 5) is 64.9. The number of pyridine rings is 1. The molecule has 10 atom stereocenters. The SMILES string of the molecule is Nc1nc2c(ncn2[C@@H]2O[C@@H]3COP(=O)(O)O[C@H]4[C@@H](O)[C@H](n5cnc6cccnc6c5=O)O[C@@H]4COP(=O)(O)O[C@@H]2[C@@H]3O)c(=O)[nH]1. The minimum atomic E-state index is -5.16. The number of anilines is 1. The van der Waals surface area contributed by atoms with Gasteiger partial charge in [-0.25, -0.2) is 24.1 Å². The molecule has 3 saturated heterocycles. The van der Waals surface area contributed by atoms with Gasteiger partial charge in [-0.1, -0.05) is 0 Å². The summed E-state index contributed by atoms with van der Waals surface area (Å²) in [7, 11) is -10.3. The van der Waals surface area contributed by atoms with Gasteiger partial charge < -0.3 is 35.2 Å². The topological polar surface area (TPSA) is 308 Å². The van der Waals surface area contributed by atoms with Crippen LogP contribution in [0.1, 0.15) is 12.5 Å². The lowest BCUT2D eigenvalue weighted by Gasteiger charge is -2.25. The van der Waals surface area contributed by atoms with Crippen LogP contribution in [0.5, 0.6) is 0 Å². The number of aliphatic hydroxyl groups is 2. The summed E-state index contributed by atoms with van der Waals surface area (Å²) in [6.45, 7) is -1.75. The van der Waals surface area contributed by atoms with Crippen molar-refractivity contribution in [2.24, 2.45) is 0 Å². The van der Waals surface area contributed by atoms with Gasteiger partial charge in [-0.15, -0.1) is 0 Å². The number of aromatic nitrogens is 7. The highest BCUT2D eigenvalue weighted by molar-refractivity contribution is 7.47. The first-order valence-corrected chi connectivity index (χ1v) is 16.3. The number of nitrogens with zero attached hydrogens (tertiary/aromatic N) is 6. The normalized spacial score (nSPS) is 37.0. The Bertz CT molecular complexity index is 2040. The summed E-state index contributed by atoms with van der Waals surface area (Å²) < 4.78 is 60.4. The van der Waals surface area contributed by atoms with Gasteiger partial charge in [-0.2, -0.15) is 4.98 Å². The molecule has 246 valence electrons. The number of aromatic amines is 1. The van der Waals surface area contributed by atoms with E-state index < -0.39 is 89.1 Å². The third-order valence-corrected chi connectivity index (χ3v) is 9.45. The van der Waals surface area contributed by atoms with E-state index >= 15 is 0 Å². The predicted octanol–water partition coefficient (Wildman–Crippen LogP) is -1.96. The summed E-state index contributed by atoms with van der Waals surface area (Å²) >= 11 is 0. The molecule has 22 nitrogen and oxygen atoms in total. The lowest BCUT2D eigenvalue weighted by Crippen LogP contribution is -2.37. The van der Waals surface area contributed by atoms with Gasteiger partial charge in [-0.3, -0.25) is 41.8 Å². The molecular weight excluding hydrogens is 662 g/mol. The Kier molecular flexibility index (Phi) is 7.67. The molecule has 7 rings (SSSR count). The van der Waals surface area contributed by atoms with Crippen LogP contribution in [0, 0.1) is 0 Å². The lowest BCUT2D eigenvalue weighted by molar-refractivity contribution is -0.0681. The summed E-state index contributed by atoms with van der Waals surface area (Å²) in [5.41, 5.74) is 4.05. The second kappa shape index (κ2) is 11.3. The molecule has 7 heterocycles. The Morgan fingerprint density at radius 2 is 1.54 bits per heavy atom. The summed E-state index contributed by atoms with van der Waals surface area (Å²) in [5.74, 6) is -0.295. The Morgan fingerprint density at radius 1 is 0.870 bits per heavy atom. The molecule has 0 aliphatic carbocycles. The fourth-order valence-electron chi connectivity index (χ4n) is 5.39. The first-order chi connectivity index (χ1) is 21.8. The average molecular weight is 686 g/mol. The highest BCUT2D eigenvalue weighted by atomic mass is 31.2. The van der Waals surface area contributed by atoms with Crippen molar-refractivity contribution in [2.45, 2.75) is 49.1 Å². The van der Waals surface area contributed by atoms with Crippen molar-refractivity contribution in [2.75, 3.05) is 18.9 Å². The maximum Gasteiger partial charge on any atom is 0.472 e. The maximum absolute atomic E-state index is 13.2. The van der Waals surface area contributed by atoms with Gasteiger partial charge in [0.15, 0.2) is 29.1 Å². The van der Waals surface area contributed by atoms with Gasteiger partial charge in [0.1, 0.15) is 43.0 Å². The fourth-order valence-corrected chi connectivity index (χ4v) is 7.28. The fraction of sp³-hybridized carbons (Fsp3) is 0.455. The Balaban J connectivity index is 1.21. The van der Waals surface area contributed by atoms with Crippen molar-refractivity contribution in [3.8, 4) is 0 Å². The third-order valence-electron chi connectivity index (χ3n) is 7.48. The monoisotopic (exact) mass is 686 g/mol. The molecule has 3 aliphatic heterocycles. The molecular formula is C22H24N8O14P2. The Labute approximate surface area is 254 Å². The number of phosphoric acid groups is 2. The van der Waals surface area contributed by atoms with E-state index in [2.05, 4.69) is 24.9 Å². The average Bonchev–Trinajstić information content (AvgIpc) is 3.65. The van der Waals surface area contributed by atoms with Crippen molar-refractivity contribution < 1.29 is 56.7 Å². The summed E-state index contributed by atoms with van der Waals surface area (Å²) in [6.07, 6.45) is -9.82. The molecule has 7 N–H and O–H groups in total. The number of rotatable bonds is 2. The number of nitrogen functional groups attached to an aromatic ring is 1. The molecule has 46 heavy (non-hydrogen) atoms. The molecule has 2 unspecified atom stereocenters. The number of H-pyrrole nitrogens is 1. The molecule has 0 saturated carbocycles. The van der Waals surface area contributed by atoms with Crippen molar-refractivity contribution in [3.05, 3.63) is 51.7 Å². The zero-order valence-corrected chi connectivity index (χ0v) is 24.7. The summed E-state index contributed by atoms with van der Waals surface area (Å²) in [6, 6.07) is 3.09. The van der Waals surface area contributed by atoms with Crippen molar-refractivity contribution in [1.82, 2.24) is 34.1 Å². The number of nitrogens with one attached hydrogen (secondary N) is 1. The van der Waals surface area contributed by atoms with Gasteiger partial charge in [0.2, 0.25) is 5.95 Å². The smallest absolute Gasteiger partial charge is 0.387 e. The molecule has 0 aromatic carbocycles. The van der Waals surface area contributed by atoms with Crippen molar-refractivity contribution in [1.29, 1.82) is 0 Å². The van der Waals surface area contributed by atoms with Gasteiger partial charge in [-0.05, 0) is 12.1 Å². The Hall–Kier alpha value is -3.50. The number of hydrogen-bond acceptors (Lipinski definition) is 17. The number of hydrogen-bond donors (Lipinski definition) is 6. The molecule has 4 aromatic heterocycles. The minimum absolute atomic E-state index is 0.0683. The van der Waals surface area contributed by atoms with Crippen LogP contribution in [0.15, 0.2) is 40.6 Å². The number of phosphoric ester groups is 2. The van der Waals surface area contributed by atoms with E-state index in [1.54, 1.807) is 6.07 Å². The van der Waals surface area contributed by atoms with E-state index in [1.165, 1.54) is 12.3 Å². The third kappa shape index (κ3) is 5.47. The number of imidazole rings is 1. The minimum Gasteiger partial charge on any atom is -0.387 e. The van der Waals surface area contributed by atoms with E-state index in [9.17, 15) is 38.7 Å². The molecule has 3 fully saturated rings. The van der Waals surface area contributed by atoms with Crippen LogP contribution in [0.4, 0.5) is 5.95 Å². The highest BCUT2D eigenvalue weighted by Crippen LogP contribution is 2.53. The number of ether oxygens (including phenoxy) is 2. The van der Waals surface area contributed by atoms with Gasteiger partial charge in [0.25, 0.3) is 11.1 Å². The van der Waals surface area contributed by atoms with Gasteiger partial charge in [0.05, 0.1) is 25.1 Å². The first-order valence-electron chi connectivity index (χ1n) is 13.3. The van der Waals surface area contributed by atoms with Crippen LogP contribution in [0.3, 0.4) is 0 Å². The zero-order valence-electron chi connectivity index (χ0n) is 22.9. The second-order valence-corrected chi connectivity index (χ2v) is 13.2. The van der Waals surface area contributed by atoms with Crippen LogP contribution >= 0.6 is 15.6 Å². The second-order valence-electron chi connectivity index (χ2n) is 10.4. The number of nitrogens with two attached hydrogens (primary N) is 1. The van der Waals surface area contributed by atoms with E-state index in [-0.39, 0.29) is 28.1 Å². The highest BCUT2D eigenvalue weighted by Gasteiger charge is 2.54. The van der Waals surface area contributed by atoms with Crippen LogP contribution in [-0.2, 0) is 36.7 Å². The van der Waals surface area contributed by atoms with E-state index in [4.69, 9.17) is 33.3 Å². The molecule has 2 bridgehead atoms. The van der Waals surface area contributed by atoms with Crippen molar-refractivity contribution >= 4 is 43.8 Å². The van der Waals surface area contributed by atoms with Crippen LogP contribution in [0.25, 0.3) is 22.2 Å². The van der Waals surface area contributed by atoms with E-state index in [1.807, 2.05) is 0 Å². The van der Waals surface area contributed by atoms with E-state index in [0.29, 0.717) is 0 Å². The first kappa shape index (κ1) is 31.1. The molecule has 3 aliphatic rings. The largest absolute Gasteiger partial charge is 0.472 e. The van der Waals surface area contributed by atoms with E-state index in [0.717, 1.165) is 21.8 Å². The number of aliphatic hydroxyl groups excluding tert-OH is 2. The maximum atomic E-state index is 13.2. The standard InChI is InChI=1S/C22H24N8O14P2/c23-22-27-17-12(18(33)28-22)26-7-29(17)21-16-13(31)9(41-21)4-39-45(35,36)43-15-10(5-40-46(37,38)44-16)42-20(14(15)32)30-6-25-8-2-1-3-24-11(8)19(30)34/h1-3,6-7,9-10,13-16,20-21,31-32H,4-5H2,(H,35,36)(H,37,38)(H3,23,27,28,33)/t9-,10-,13-,14-,15-,16-,20-,21-/m1/s1. The van der Waals surface area contributed by atoms with Crippen LogP contribution < -0.4 is 16.9 Å². The molecule has 24 heteroatoms. The molecule has 0 radical (unpaired) electrons. The predicted molar refractivity (Wildman–Crippen MR) is 147 cm³/mol. The van der Waals surface area contributed by atoms with Crippen LogP contribution in [-0.4, -0.2) is 104 Å². The van der Waals surface area contributed by atoms with Crippen LogP contribution in [0.2, 0.25) is 0 Å². The molecule has 0 spiro atoms. The van der Waals surface area contributed by atoms with Gasteiger partial charge in [0, 0.05) is 6.20 Å². The zero-order chi connectivity index (χ0) is 32.5. The molecule has 0 amide bonds. The number of fused-ring (bicyclic) bond motifs is 5. The Morgan fingerprint density at radius 3 is 2.30 bits per heavy atom. The van der Waals surface area contributed by atoms with Crippen molar-refractivity contribution in [3.63, 3.8) is 0 Å². The quantitative estimate of drug-likeness (QED) is 0.125.